The summed E-state index contributed by atoms with van der Waals surface area (Å²) in [6.07, 6.45) is 0.201. The Morgan fingerprint density at radius 1 is 1.04 bits per heavy atom. The first-order valence-corrected chi connectivity index (χ1v) is 10.2. The fourth-order valence-corrected chi connectivity index (χ4v) is 5.25. The molecule has 26 heavy (non-hydrogen) atoms. The molecule has 5 nitrogen and oxygen atoms in total. The van der Waals surface area contributed by atoms with Crippen LogP contribution in [0.1, 0.15) is 5.56 Å². The van der Waals surface area contributed by atoms with Gasteiger partial charge >= 0.3 is 0 Å². The largest absolute Gasteiger partial charge is 0.271 e. The van der Waals surface area contributed by atoms with Crippen molar-refractivity contribution >= 4 is 33.0 Å². The predicted octanol–water partition coefficient (Wildman–Crippen LogP) is 3.54. The summed E-state index contributed by atoms with van der Waals surface area (Å²) in [5.74, 6) is -0.122. The average molecular weight is 407 g/mol. The van der Waals surface area contributed by atoms with Gasteiger partial charge in [0.15, 0.2) is 9.84 Å². The fraction of sp³-hybridized carbons (Fsp3) is 0.111. The molecule has 0 aliphatic carbocycles. The maximum Gasteiger partial charge on any atom is 0.271 e. The molecule has 8 heteroatoms. The molecule has 132 valence electrons. The minimum Gasteiger partial charge on any atom is -0.267 e. The molecule has 3 aromatic rings. The van der Waals surface area contributed by atoms with E-state index in [9.17, 15) is 13.2 Å². The molecular weight excluding hydrogens is 395 g/mol. The molecule has 0 spiro atoms. The van der Waals surface area contributed by atoms with Gasteiger partial charge in [0.25, 0.3) is 5.56 Å². The van der Waals surface area contributed by atoms with Crippen LogP contribution >= 0.6 is 23.2 Å². The van der Waals surface area contributed by atoms with Gasteiger partial charge in [0.1, 0.15) is 0 Å². The highest BCUT2D eigenvalue weighted by Gasteiger charge is 2.29. The Hall–Kier alpha value is -2.15. The summed E-state index contributed by atoms with van der Waals surface area (Å²) in [7, 11) is -3.57. The van der Waals surface area contributed by atoms with Crippen LogP contribution in [0.4, 0.5) is 0 Å². The number of hydrogen-bond donors (Lipinski definition) is 0. The molecule has 0 radical (unpaired) electrons. The number of hydrogen-bond acceptors (Lipinski definition) is 4. The van der Waals surface area contributed by atoms with Crippen molar-refractivity contribution in [1.82, 2.24) is 9.78 Å². The summed E-state index contributed by atoms with van der Waals surface area (Å²) in [5, 5.41) is 5.15. The minimum absolute atomic E-state index is 0.0641. The van der Waals surface area contributed by atoms with Crippen LogP contribution in [-0.2, 0) is 16.3 Å². The van der Waals surface area contributed by atoms with Gasteiger partial charge in [0.2, 0.25) is 0 Å². The average Bonchev–Trinajstić information content (AvgIpc) is 2.71. The lowest BCUT2D eigenvalue weighted by molar-refractivity contribution is 0.596. The molecule has 1 aliphatic rings. The van der Waals surface area contributed by atoms with Crippen LogP contribution in [0.25, 0.3) is 16.9 Å². The van der Waals surface area contributed by atoms with E-state index in [0.29, 0.717) is 27.5 Å². The Morgan fingerprint density at radius 2 is 1.77 bits per heavy atom. The molecular formula is C18H12Cl2N2O3S. The second kappa shape index (κ2) is 6.23. The Bertz CT molecular complexity index is 1190. The van der Waals surface area contributed by atoms with E-state index >= 15 is 0 Å². The smallest absolute Gasteiger partial charge is 0.267 e. The van der Waals surface area contributed by atoms with E-state index in [1.165, 1.54) is 16.8 Å². The van der Waals surface area contributed by atoms with Crippen LogP contribution in [0.15, 0.2) is 58.2 Å². The quantitative estimate of drug-likeness (QED) is 0.619. The van der Waals surface area contributed by atoms with E-state index in [0.717, 1.165) is 0 Å². The summed E-state index contributed by atoms with van der Waals surface area (Å²) >= 11 is 12.1. The number of sulfone groups is 1. The van der Waals surface area contributed by atoms with E-state index in [1.54, 1.807) is 36.4 Å². The first kappa shape index (κ1) is 17.3. The zero-order valence-electron chi connectivity index (χ0n) is 13.3. The van der Waals surface area contributed by atoms with Gasteiger partial charge in [-0.05, 0) is 42.3 Å². The lowest BCUT2D eigenvalue weighted by Crippen LogP contribution is -2.22. The van der Waals surface area contributed by atoms with E-state index in [1.807, 2.05) is 0 Å². The Balaban J connectivity index is 2.03. The Morgan fingerprint density at radius 3 is 2.50 bits per heavy atom. The van der Waals surface area contributed by atoms with Crippen molar-refractivity contribution in [2.75, 3.05) is 5.75 Å². The highest BCUT2D eigenvalue weighted by molar-refractivity contribution is 7.91. The third-order valence-electron chi connectivity index (χ3n) is 4.26. The number of benzene rings is 2. The third-order valence-corrected chi connectivity index (χ3v) is 6.74. The molecule has 2 heterocycles. The third kappa shape index (κ3) is 2.84. The molecule has 0 N–H and O–H groups in total. The van der Waals surface area contributed by atoms with Gasteiger partial charge in [-0.1, -0.05) is 35.3 Å². The lowest BCUT2D eigenvalue weighted by Gasteiger charge is -2.12. The van der Waals surface area contributed by atoms with Gasteiger partial charge in [0.05, 0.1) is 27.1 Å². The van der Waals surface area contributed by atoms with Crippen molar-refractivity contribution < 1.29 is 8.42 Å². The summed E-state index contributed by atoms with van der Waals surface area (Å²) < 4.78 is 26.5. The van der Waals surface area contributed by atoms with Gasteiger partial charge in [0, 0.05) is 16.7 Å². The van der Waals surface area contributed by atoms with Crippen molar-refractivity contribution in [3.8, 4) is 16.9 Å². The van der Waals surface area contributed by atoms with Crippen molar-refractivity contribution in [1.29, 1.82) is 0 Å². The Labute approximate surface area is 159 Å². The van der Waals surface area contributed by atoms with Gasteiger partial charge in [-0.25, -0.2) is 8.42 Å². The molecule has 0 bridgehead atoms. The predicted molar refractivity (Wildman–Crippen MR) is 101 cm³/mol. The molecule has 0 amide bonds. The zero-order chi connectivity index (χ0) is 18.5. The van der Waals surface area contributed by atoms with Gasteiger partial charge in [-0.15, -0.1) is 0 Å². The minimum atomic E-state index is -3.57. The van der Waals surface area contributed by atoms with Crippen molar-refractivity contribution in [2.45, 2.75) is 11.3 Å². The highest BCUT2D eigenvalue weighted by atomic mass is 35.5. The van der Waals surface area contributed by atoms with Crippen LogP contribution < -0.4 is 5.56 Å². The molecule has 4 rings (SSSR count). The summed E-state index contributed by atoms with van der Waals surface area (Å²) in [6, 6.07) is 13.0. The monoisotopic (exact) mass is 406 g/mol. The topological polar surface area (TPSA) is 69.0 Å². The molecule has 0 atom stereocenters. The van der Waals surface area contributed by atoms with Crippen molar-refractivity contribution in [3.05, 3.63) is 74.5 Å². The molecule has 0 unspecified atom stereocenters. The van der Waals surface area contributed by atoms with E-state index < -0.39 is 9.84 Å². The summed E-state index contributed by atoms with van der Waals surface area (Å²) in [6.45, 7) is 0. The zero-order valence-corrected chi connectivity index (χ0v) is 15.6. The van der Waals surface area contributed by atoms with Crippen LogP contribution in [-0.4, -0.2) is 24.0 Å². The summed E-state index contributed by atoms with van der Waals surface area (Å²) in [4.78, 5) is 12.6. The molecule has 0 saturated carbocycles. The standard InChI is InChI=1S/C18H12Cl2N2O3S/c19-12-4-6-13(7-5-12)22-16(23)10-11-8-9-26(24,25)18-14(17(11)21-22)2-1-3-15(18)20/h1-7,10H,8-9H2. The second-order valence-corrected chi connectivity index (χ2v) is 8.82. The van der Waals surface area contributed by atoms with Gasteiger partial charge < -0.3 is 0 Å². The molecule has 1 aliphatic heterocycles. The highest BCUT2D eigenvalue weighted by Crippen LogP contribution is 2.37. The number of rotatable bonds is 1. The van der Waals surface area contributed by atoms with Crippen LogP contribution in [0.5, 0.6) is 0 Å². The fourth-order valence-electron chi connectivity index (χ4n) is 3.03. The van der Waals surface area contributed by atoms with E-state index in [4.69, 9.17) is 23.2 Å². The second-order valence-electron chi connectivity index (χ2n) is 5.93. The number of aryl methyl sites for hydroxylation is 1. The Kier molecular flexibility index (Phi) is 4.14. The maximum atomic E-state index is 12.6. The van der Waals surface area contributed by atoms with Crippen molar-refractivity contribution in [3.63, 3.8) is 0 Å². The lowest BCUT2D eigenvalue weighted by atomic mass is 10.0. The van der Waals surface area contributed by atoms with Gasteiger partial charge in [-0.3, -0.25) is 4.79 Å². The van der Waals surface area contributed by atoms with Crippen LogP contribution in [0.2, 0.25) is 10.0 Å². The first-order chi connectivity index (χ1) is 12.4. The molecule has 0 fully saturated rings. The maximum absolute atomic E-state index is 12.6. The SMILES string of the molecule is O=c1cc2c(nn1-c1ccc(Cl)cc1)-c1cccc(Cl)c1S(=O)(=O)CC2. The van der Waals surface area contributed by atoms with E-state index in [2.05, 4.69) is 5.10 Å². The number of halogens is 2. The summed E-state index contributed by atoms with van der Waals surface area (Å²) in [5.41, 5.74) is 1.64. The van der Waals surface area contributed by atoms with Crippen LogP contribution in [0.3, 0.4) is 0 Å². The van der Waals surface area contributed by atoms with Gasteiger partial charge in [-0.2, -0.15) is 9.78 Å². The van der Waals surface area contributed by atoms with E-state index in [-0.39, 0.29) is 27.7 Å². The number of nitrogens with zero attached hydrogens (tertiary/aromatic N) is 2. The molecule has 1 aromatic heterocycles. The normalized spacial score (nSPS) is 15.0. The number of aromatic nitrogens is 2. The van der Waals surface area contributed by atoms with Crippen LogP contribution in [0, 0.1) is 0 Å². The molecule has 0 saturated heterocycles. The van der Waals surface area contributed by atoms with Crippen molar-refractivity contribution in [2.24, 2.45) is 0 Å². The first-order valence-electron chi connectivity index (χ1n) is 7.78. The molecule has 2 aromatic carbocycles. The number of fused-ring (bicyclic) bond motifs is 3.